The summed E-state index contributed by atoms with van der Waals surface area (Å²) in [6.45, 7) is 8.70. The molecule has 76 valence electrons. The van der Waals surface area contributed by atoms with Crippen molar-refractivity contribution in [2.24, 2.45) is 5.92 Å². The van der Waals surface area contributed by atoms with Crippen molar-refractivity contribution in [2.45, 2.75) is 34.1 Å². The van der Waals surface area contributed by atoms with Gasteiger partial charge in [0.15, 0.2) is 0 Å². The predicted octanol–water partition coefficient (Wildman–Crippen LogP) is 3.70. The Morgan fingerprint density at radius 1 is 1.43 bits per heavy atom. The average Bonchev–Trinajstić information content (AvgIpc) is 2.19. The third kappa shape index (κ3) is 2.99. The van der Waals surface area contributed by atoms with Gasteiger partial charge in [0.05, 0.1) is 5.69 Å². The van der Waals surface area contributed by atoms with Gasteiger partial charge in [0.2, 0.25) is 0 Å². The molecule has 1 rings (SSSR count). The van der Waals surface area contributed by atoms with Crippen molar-refractivity contribution in [3.05, 3.63) is 35.2 Å². The van der Waals surface area contributed by atoms with E-state index < -0.39 is 0 Å². The first-order valence-electron chi connectivity index (χ1n) is 5.26. The topological polar surface area (TPSA) is 12.9 Å². The van der Waals surface area contributed by atoms with Crippen LogP contribution < -0.4 is 0 Å². The molecule has 0 saturated carbocycles. The normalized spacial score (nSPS) is 12.2. The zero-order chi connectivity index (χ0) is 10.6. The second-order valence-corrected chi connectivity index (χ2v) is 3.99. The van der Waals surface area contributed by atoms with E-state index in [0.717, 1.165) is 12.1 Å². The first-order valence-corrected chi connectivity index (χ1v) is 5.26. The van der Waals surface area contributed by atoms with E-state index >= 15 is 0 Å². The Labute approximate surface area is 86.9 Å². The second-order valence-electron chi connectivity index (χ2n) is 3.99. The Bertz CT molecular complexity index is 307. The van der Waals surface area contributed by atoms with Gasteiger partial charge in [0, 0.05) is 6.20 Å². The first kappa shape index (κ1) is 11.0. The van der Waals surface area contributed by atoms with Gasteiger partial charge in [-0.05, 0) is 37.0 Å². The van der Waals surface area contributed by atoms with Gasteiger partial charge in [0.25, 0.3) is 0 Å². The monoisotopic (exact) mass is 189 g/mol. The van der Waals surface area contributed by atoms with Crippen molar-refractivity contribution in [2.75, 3.05) is 0 Å². The van der Waals surface area contributed by atoms with E-state index in [-0.39, 0.29) is 0 Å². The van der Waals surface area contributed by atoms with Gasteiger partial charge in [-0.2, -0.15) is 0 Å². The average molecular weight is 189 g/mol. The van der Waals surface area contributed by atoms with Crippen LogP contribution in [0, 0.1) is 5.92 Å². The molecule has 0 aromatic carbocycles. The van der Waals surface area contributed by atoms with E-state index in [9.17, 15) is 0 Å². The molecule has 1 aromatic rings. The third-order valence-corrected chi connectivity index (χ3v) is 2.54. The van der Waals surface area contributed by atoms with Crippen LogP contribution in [0.1, 0.15) is 39.0 Å². The third-order valence-electron chi connectivity index (χ3n) is 2.54. The molecule has 1 aromatic heterocycles. The van der Waals surface area contributed by atoms with E-state index in [1.54, 1.807) is 0 Å². The number of aromatic nitrogens is 1. The fraction of sp³-hybridized carbons (Fsp3) is 0.462. The van der Waals surface area contributed by atoms with E-state index in [4.69, 9.17) is 0 Å². The summed E-state index contributed by atoms with van der Waals surface area (Å²) in [5, 5.41) is 0. The van der Waals surface area contributed by atoms with Gasteiger partial charge in [-0.15, -0.1) is 0 Å². The first-order chi connectivity index (χ1) is 6.63. The molecule has 0 unspecified atom stereocenters. The minimum Gasteiger partial charge on any atom is -0.257 e. The summed E-state index contributed by atoms with van der Waals surface area (Å²) in [7, 11) is 0. The summed E-state index contributed by atoms with van der Waals surface area (Å²) in [6.07, 6.45) is 5.17. The highest BCUT2D eigenvalue weighted by molar-refractivity contribution is 5.48. The summed E-state index contributed by atoms with van der Waals surface area (Å²) < 4.78 is 0. The Balaban J connectivity index is 2.83. The molecule has 0 bridgehead atoms. The van der Waals surface area contributed by atoms with Crippen LogP contribution in [0.3, 0.4) is 0 Å². The fourth-order valence-electron chi connectivity index (χ4n) is 1.13. The van der Waals surface area contributed by atoms with Gasteiger partial charge in [-0.25, -0.2) is 0 Å². The summed E-state index contributed by atoms with van der Waals surface area (Å²) in [5.41, 5.74) is 3.74. The van der Waals surface area contributed by atoms with Crippen molar-refractivity contribution in [3.8, 4) is 0 Å². The van der Waals surface area contributed by atoms with E-state index in [1.807, 2.05) is 6.20 Å². The molecular formula is C13H19N. The fourth-order valence-corrected chi connectivity index (χ4v) is 1.13. The number of allylic oxidation sites excluding steroid dienone is 1. The Morgan fingerprint density at radius 2 is 2.14 bits per heavy atom. The number of rotatable bonds is 3. The van der Waals surface area contributed by atoms with Crippen LogP contribution >= 0.6 is 0 Å². The standard InChI is InChI=1S/C13H19N/c1-5-12-6-7-13(14-9-12)8-11(4)10(2)3/h6-10H,5H2,1-4H3/b11-8+. The molecule has 0 radical (unpaired) electrons. The maximum absolute atomic E-state index is 4.40. The largest absolute Gasteiger partial charge is 0.257 e. The number of nitrogens with zero attached hydrogens (tertiary/aromatic N) is 1. The molecule has 14 heavy (non-hydrogen) atoms. The van der Waals surface area contributed by atoms with E-state index in [0.29, 0.717) is 5.92 Å². The molecule has 0 saturated heterocycles. The zero-order valence-corrected chi connectivity index (χ0v) is 9.54. The highest BCUT2D eigenvalue weighted by Crippen LogP contribution is 2.12. The molecule has 0 aliphatic carbocycles. The molecule has 0 aliphatic rings. The minimum atomic E-state index is 0.600. The summed E-state index contributed by atoms with van der Waals surface area (Å²) >= 11 is 0. The molecule has 0 atom stereocenters. The Hall–Kier alpha value is -1.11. The molecule has 1 heteroatoms. The number of aryl methyl sites for hydroxylation is 1. The lowest BCUT2D eigenvalue weighted by Gasteiger charge is -2.04. The van der Waals surface area contributed by atoms with Crippen LogP contribution in [0.25, 0.3) is 6.08 Å². The molecule has 0 amide bonds. The Kier molecular flexibility index (Phi) is 3.87. The summed E-state index contributed by atoms with van der Waals surface area (Å²) in [4.78, 5) is 4.40. The maximum atomic E-state index is 4.40. The molecule has 0 aliphatic heterocycles. The molecule has 0 spiro atoms. The van der Waals surface area contributed by atoms with Crippen LogP contribution in [0.15, 0.2) is 23.9 Å². The summed E-state index contributed by atoms with van der Waals surface area (Å²) in [5.74, 6) is 0.600. The second kappa shape index (κ2) is 4.94. The SMILES string of the molecule is CCc1ccc(/C=C(\C)C(C)C)nc1. The lowest BCUT2D eigenvalue weighted by Crippen LogP contribution is -1.90. The minimum absolute atomic E-state index is 0.600. The lowest BCUT2D eigenvalue weighted by molar-refractivity contribution is 0.775. The van der Waals surface area contributed by atoms with Crippen LogP contribution in [0.2, 0.25) is 0 Å². The van der Waals surface area contributed by atoms with Crippen LogP contribution in [0.4, 0.5) is 0 Å². The summed E-state index contributed by atoms with van der Waals surface area (Å²) in [6, 6.07) is 4.23. The van der Waals surface area contributed by atoms with Gasteiger partial charge in [-0.3, -0.25) is 4.98 Å². The van der Waals surface area contributed by atoms with Crippen LogP contribution in [-0.2, 0) is 6.42 Å². The van der Waals surface area contributed by atoms with Crippen LogP contribution in [-0.4, -0.2) is 4.98 Å². The Morgan fingerprint density at radius 3 is 2.57 bits per heavy atom. The smallest absolute Gasteiger partial charge is 0.0629 e. The maximum Gasteiger partial charge on any atom is 0.0629 e. The quantitative estimate of drug-likeness (QED) is 0.706. The lowest BCUT2D eigenvalue weighted by atomic mass is 10.0. The van der Waals surface area contributed by atoms with Crippen molar-refractivity contribution in [1.29, 1.82) is 0 Å². The van der Waals surface area contributed by atoms with Crippen molar-refractivity contribution in [1.82, 2.24) is 4.98 Å². The van der Waals surface area contributed by atoms with Gasteiger partial charge < -0.3 is 0 Å². The number of pyridine rings is 1. The zero-order valence-electron chi connectivity index (χ0n) is 9.54. The number of hydrogen-bond donors (Lipinski definition) is 0. The molecule has 1 heterocycles. The number of hydrogen-bond acceptors (Lipinski definition) is 1. The predicted molar refractivity (Wildman–Crippen MR) is 62.1 cm³/mol. The van der Waals surface area contributed by atoms with Gasteiger partial charge in [-0.1, -0.05) is 32.4 Å². The molecular weight excluding hydrogens is 170 g/mol. The molecule has 1 nitrogen and oxygen atoms in total. The van der Waals surface area contributed by atoms with Crippen molar-refractivity contribution in [3.63, 3.8) is 0 Å². The van der Waals surface area contributed by atoms with E-state index in [2.05, 4.69) is 50.9 Å². The highest BCUT2D eigenvalue weighted by atomic mass is 14.7. The van der Waals surface area contributed by atoms with Gasteiger partial charge >= 0.3 is 0 Å². The molecule has 0 N–H and O–H groups in total. The van der Waals surface area contributed by atoms with Crippen molar-refractivity contribution < 1.29 is 0 Å². The van der Waals surface area contributed by atoms with Gasteiger partial charge in [0.1, 0.15) is 0 Å². The van der Waals surface area contributed by atoms with Crippen molar-refractivity contribution >= 4 is 6.08 Å². The van der Waals surface area contributed by atoms with E-state index in [1.165, 1.54) is 11.1 Å². The van der Waals surface area contributed by atoms with Crippen LogP contribution in [0.5, 0.6) is 0 Å². The molecule has 0 fully saturated rings. The highest BCUT2D eigenvalue weighted by Gasteiger charge is 1.97.